The maximum atomic E-state index is 12.6. The van der Waals surface area contributed by atoms with Crippen molar-refractivity contribution in [2.24, 2.45) is 0 Å². The van der Waals surface area contributed by atoms with Crippen molar-refractivity contribution >= 4 is 40.3 Å². The Morgan fingerprint density at radius 1 is 0.595 bits per heavy atom. The fraction of sp³-hybridized carbons (Fsp3) is 0.500. The summed E-state index contributed by atoms with van der Waals surface area (Å²) in [6.45, 7) is 5.16. The van der Waals surface area contributed by atoms with Gasteiger partial charge in [0.2, 0.25) is 0 Å². The first kappa shape index (κ1) is 29.6. The van der Waals surface area contributed by atoms with Crippen molar-refractivity contribution in [2.45, 2.75) is 78.1 Å². The van der Waals surface area contributed by atoms with Gasteiger partial charge in [0.05, 0.1) is 27.9 Å². The van der Waals surface area contributed by atoms with E-state index >= 15 is 0 Å². The first-order valence-corrected chi connectivity index (χ1v) is 13.0. The highest BCUT2D eigenvalue weighted by Gasteiger charge is 2.30. The van der Waals surface area contributed by atoms with Gasteiger partial charge in [-0.25, -0.2) is 19.2 Å². The fourth-order valence-corrected chi connectivity index (χ4v) is 4.71. The molecule has 0 saturated carbocycles. The number of rotatable bonds is 17. The Kier molecular flexibility index (Phi) is 11.4. The summed E-state index contributed by atoms with van der Waals surface area (Å²) in [5, 5.41) is 39.0. The predicted molar refractivity (Wildman–Crippen MR) is 142 cm³/mol. The van der Waals surface area contributed by atoms with Gasteiger partial charge >= 0.3 is 23.9 Å². The monoisotopic (exact) mass is 515 g/mol. The van der Waals surface area contributed by atoms with Crippen molar-refractivity contribution in [1.29, 1.82) is 0 Å². The van der Waals surface area contributed by atoms with Gasteiger partial charge in [-0.1, -0.05) is 65.2 Å². The molecule has 2 rings (SSSR count). The van der Waals surface area contributed by atoms with Gasteiger partial charge in [-0.05, 0) is 31.0 Å². The maximum absolute atomic E-state index is 12.6. The first-order chi connectivity index (χ1) is 17.6. The smallest absolute Gasteiger partial charge is 0.338 e. The molecule has 0 saturated heterocycles. The minimum Gasteiger partial charge on any atom is -0.478 e. The van der Waals surface area contributed by atoms with Crippen molar-refractivity contribution in [3.8, 4) is 0 Å². The van der Waals surface area contributed by atoms with E-state index in [0.717, 1.165) is 76.3 Å². The SMILES string of the molecule is CCCCCCCN(CCCCCCC)c1cc(C(=O)O)c2c(C(=O)O)ccc(C(=O)O)c2c1C(=O)O. The number of hydrogen-bond acceptors (Lipinski definition) is 5. The van der Waals surface area contributed by atoms with Gasteiger partial charge in [-0.2, -0.15) is 0 Å². The van der Waals surface area contributed by atoms with Crippen LogP contribution in [0, 0.1) is 0 Å². The van der Waals surface area contributed by atoms with Crippen molar-refractivity contribution < 1.29 is 39.6 Å². The van der Waals surface area contributed by atoms with Crippen molar-refractivity contribution in [2.75, 3.05) is 18.0 Å². The molecule has 0 spiro atoms. The van der Waals surface area contributed by atoms with Crippen LogP contribution in [0.25, 0.3) is 10.8 Å². The van der Waals surface area contributed by atoms with E-state index in [9.17, 15) is 39.6 Å². The molecule has 2 aromatic rings. The molecule has 9 heteroatoms. The highest BCUT2D eigenvalue weighted by molar-refractivity contribution is 6.24. The molecule has 0 aliphatic heterocycles. The van der Waals surface area contributed by atoms with Crippen LogP contribution in [-0.2, 0) is 0 Å². The van der Waals surface area contributed by atoms with Gasteiger partial charge in [0.25, 0.3) is 0 Å². The summed E-state index contributed by atoms with van der Waals surface area (Å²) in [4.78, 5) is 50.7. The Morgan fingerprint density at radius 2 is 1.03 bits per heavy atom. The minimum absolute atomic E-state index is 0.105. The van der Waals surface area contributed by atoms with E-state index in [1.54, 1.807) is 0 Å². The lowest BCUT2D eigenvalue weighted by Crippen LogP contribution is -2.28. The maximum Gasteiger partial charge on any atom is 0.338 e. The van der Waals surface area contributed by atoms with E-state index in [1.165, 1.54) is 6.07 Å². The first-order valence-electron chi connectivity index (χ1n) is 13.0. The number of carboxylic acid groups (broad SMARTS) is 4. The zero-order chi connectivity index (χ0) is 27.5. The number of hydrogen-bond donors (Lipinski definition) is 4. The number of carboxylic acids is 4. The third-order valence-corrected chi connectivity index (χ3v) is 6.57. The molecule has 0 radical (unpaired) electrons. The van der Waals surface area contributed by atoms with E-state index < -0.39 is 46.0 Å². The normalized spacial score (nSPS) is 11.0. The molecule has 0 aliphatic carbocycles. The quantitative estimate of drug-likeness (QED) is 0.176. The Balaban J connectivity index is 2.78. The van der Waals surface area contributed by atoms with Gasteiger partial charge in [-0.3, -0.25) is 0 Å². The lowest BCUT2D eigenvalue weighted by molar-refractivity contribution is 0.0675. The summed E-state index contributed by atoms with van der Waals surface area (Å²) in [7, 11) is 0. The molecule has 0 unspecified atom stereocenters. The van der Waals surface area contributed by atoms with Gasteiger partial charge < -0.3 is 25.3 Å². The van der Waals surface area contributed by atoms with Gasteiger partial charge in [0.15, 0.2) is 0 Å². The third kappa shape index (κ3) is 7.44. The highest BCUT2D eigenvalue weighted by atomic mass is 16.4. The summed E-state index contributed by atoms with van der Waals surface area (Å²) < 4.78 is 0. The second-order valence-corrected chi connectivity index (χ2v) is 9.27. The molecule has 0 bridgehead atoms. The summed E-state index contributed by atoms with van der Waals surface area (Å²) in [5.41, 5.74) is -1.63. The molecule has 0 fully saturated rings. The van der Waals surface area contributed by atoms with Crippen LogP contribution >= 0.6 is 0 Å². The van der Waals surface area contributed by atoms with E-state index in [-0.39, 0.29) is 16.6 Å². The average Bonchev–Trinajstić information content (AvgIpc) is 2.84. The molecule has 0 heterocycles. The largest absolute Gasteiger partial charge is 0.478 e. The van der Waals surface area contributed by atoms with Crippen molar-refractivity contribution in [1.82, 2.24) is 0 Å². The van der Waals surface area contributed by atoms with Crippen LogP contribution in [-0.4, -0.2) is 57.4 Å². The summed E-state index contributed by atoms with van der Waals surface area (Å²) in [6.07, 6.45) is 9.71. The van der Waals surface area contributed by atoms with Gasteiger partial charge in [0, 0.05) is 23.9 Å². The molecule has 9 nitrogen and oxygen atoms in total. The summed E-state index contributed by atoms with van der Waals surface area (Å²) in [6, 6.07) is 3.23. The second kappa shape index (κ2) is 14.2. The Hall–Kier alpha value is -3.62. The van der Waals surface area contributed by atoms with Gasteiger partial charge in [0.1, 0.15) is 0 Å². The number of fused-ring (bicyclic) bond motifs is 1. The number of benzene rings is 2. The van der Waals surface area contributed by atoms with Gasteiger partial charge in [-0.15, -0.1) is 0 Å². The van der Waals surface area contributed by atoms with E-state index in [2.05, 4.69) is 13.8 Å². The van der Waals surface area contributed by atoms with E-state index in [4.69, 9.17) is 0 Å². The number of nitrogens with zero attached hydrogens (tertiary/aromatic N) is 1. The molecular weight excluding hydrogens is 478 g/mol. The molecule has 202 valence electrons. The van der Waals surface area contributed by atoms with E-state index in [0.29, 0.717) is 13.1 Å². The fourth-order valence-electron chi connectivity index (χ4n) is 4.71. The van der Waals surface area contributed by atoms with Crippen LogP contribution in [0.1, 0.15) is 119 Å². The number of aromatic carboxylic acids is 4. The highest BCUT2D eigenvalue weighted by Crippen LogP contribution is 2.37. The van der Waals surface area contributed by atoms with Crippen molar-refractivity contribution in [3.05, 3.63) is 40.5 Å². The molecule has 0 amide bonds. The summed E-state index contributed by atoms with van der Waals surface area (Å²) in [5.74, 6) is -5.84. The molecule has 0 aromatic heterocycles. The van der Waals surface area contributed by atoms with Crippen LogP contribution in [0.15, 0.2) is 18.2 Å². The zero-order valence-corrected chi connectivity index (χ0v) is 21.6. The minimum atomic E-state index is -1.47. The van der Waals surface area contributed by atoms with Crippen LogP contribution in [0.4, 0.5) is 5.69 Å². The standard InChI is InChI=1S/C28H37NO8/c1-3-5-7-9-11-15-29(16-12-10-8-6-4-2)21-17-20(27(34)35)22-18(25(30)31)13-14-19(26(32)33)23(22)24(21)28(36)37/h13-14,17H,3-12,15-16H2,1-2H3,(H,30,31)(H,32,33)(H,34,35)(H,36,37). The number of anilines is 1. The Bertz CT molecular complexity index is 1130. The lowest BCUT2D eigenvalue weighted by atomic mass is 9.89. The van der Waals surface area contributed by atoms with E-state index in [1.807, 2.05) is 4.90 Å². The lowest BCUT2D eigenvalue weighted by Gasteiger charge is -2.28. The average molecular weight is 516 g/mol. The van der Waals surface area contributed by atoms with Crippen LogP contribution < -0.4 is 4.90 Å². The molecular formula is C28H37NO8. The topological polar surface area (TPSA) is 152 Å². The van der Waals surface area contributed by atoms with Crippen LogP contribution in [0.3, 0.4) is 0 Å². The molecule has 0 aliphatic rings. The Morgan fingerprint density at radius 3 is 1.43 bits per heavy atom. The molecule has 2 aromatic carbocycles. The predicted octanol–water partition coefficient (Wildman–Crippen LogP) is 6.38. The Labute approximate surface area is 216 Å². The van der Waals surface area contributed by atoms with Crippen LogP contribution in [0.2, 0.25) is 0 Å². The molecule has 37 heavy (non-hydrogen) atoms. The zero-order valence-electron chi connectivity index (χ0n) is 21.6. The second-order valence-electron chi connectivity index (χ2n) is 9.27. The summed E-state index contributed by atoms with van der Waals surface area (Å²) >= 11 is 0. The van der Waals surface area contributed by atoms with Crippen LogP contribution in [0.5, 0.6) is 0 Å². The van der Waals surface area contributed by atoms with Crippen molar-refractivity contribution in [3.63, 3.8) is 0 Å². The number of unbranched alkanes of at least 4 members (excludes halogenated alkanes) is 8. The number of carbonyl (C=O) groups is 4. The molecule has 4 N–H and O–H groups in total. The third-order valence-electron chi connectivity index (χ3n) is 6.57. The molecule has 0 atom stereocenters.